The summed E-state index contributed by atoms with van der Waals surface area (Å²) in [6, 6.07) is 4.10. The van der Waals surface area contributed by atoms with Crippen LogP contribution < -0.4 is 9.64 Å². The number of thioether (sulfide) groups is 2. The van der Waals surface area contributed by atoms with Crippen LogP contribution in [0, 0.1) is 5.92 Å². The first-order chi connectivity index (χ1) is 25.3. The molecule has 2 rings (SSSR count). The normalized spacial score (nSPS) is 18.0. The van der Waals surface area contributed by atoms with Crippen LogP contribution in [0.25, 0.3) is 0 Å². The van der Waals surface area contributed by atoms with E-state index in [-0.39, 0.29) is 40.5 Å². The monoisotopic (exact) mass is 829 g/mol. The van der Waals surface area contributed by atoms with E-state index in [0.29, 0.717) is 30.4 Å². The predicted octanol–water partition coefficient (Wildman–Crippen LogP) is 9.88. The predicted molar refractivity (Wildman–Crippen MR) is 231 cm³/mol. The van der Waals surface area contributed by atoms with Crippen LogP contribution in [0.15, 0.2) is 47.6 Å². The summed E-state index contributed by atoms with van der Waals surface area (Å²) >= 11 is 10.4. The summed E-state index contributed by atoms with van der Waals surface area (Å²) in [5.41, 5.74) is 4.13. The number of nitrogens with zero attached hydrogens (tertiary/aromatic N) is 1. The Kier molecular flexibility index (Phi) is 20.8. The molecule has 0 aliphatic carbocycles. The van der Waals surface area contributed by atoms with Gasteiger partial charge in [0.05, 0.1) is 54.8 Å². The molecule has 1 aromatic rings. The number of hydrogen-bond donors (Lipinski definition) is 1. The van der Waals surface area contributed by atoms with Crippen molar-refractivity contribution in [2.45, 2.75) is 108 Å². The molecule has 1 aliphatic heterocycles. The maximum atomic E-state index is 12.0. The van der Waals surface area contributed by atoms with E-state index >= 15 is 0 Å². The van der Waals surface area contributed by atoms with Crippen molar-refractivity contribution in [3.8, 4) is 5.75 Å². The van der Waals surface area contributed by atoms with E-state index in [1.165, 1.54) is 5.57 Å². The van der Waals surface area contributed by atoms with Gasteiger partial charge in [-0.1, -0.05) is 69.2 Å². The summed E-state index contributed by atoms with van der Waals surface area (Å²) in [7, 11) is 6.76. The highest BCUT2D eigenvalue weighted by Crippen LogP contribution is 2.50. The first-order valence-electron chi connectivity index (χ1n) is 18.7. The molecule has 0 unspecified atom stereocenters. The van der Waals surface area contributed by atoms with Gasteiger partial charge in [0.1, 0.15) is 17.6 Å². The lowest BCUT2D eigenvalue weighted by atomic mass is 9.94. The first kappa shape index (κ1) is 48.7. The molecule has 0 bridgehead atoms. The molecule has 0 spiro atoms. The van der Waals surface area contributed by atoms with E-state index < -0.39 is 20.4 Å². The molecule has 1 heterocycles. The summed E-state index contributed by atoms with van der Waals surface area (Å²) in [4.78, 5) is 14.0. The number of anilines is 1. The zero-order valence-corrected chi connectivity index (χ0v) is 38.5. The number of benzene rings is 1. The van der Waals surface area contributed by atoms with Crippen molar-refractivity contribution >= 4 is 55.1 Å². The highest BCUT2D eigenvalue weighted by molar-refractivity contribution is 8.18. The SMILES string of the molecule is COCCOCO[C@@H](CC1([C@@H](/C=C/C=C(\C)Cc2cc(OC)c(Cl)c(N(C)C)c2)OC)SCCCS1)[C@@H](C)/C=C(\C)[C@H](CC(=O)O)O[Si](C)(C)C(C)(C)C. The van der Waals surface area contributed by atoms with E-state index in [0.717, 1.165) is 41.2 Å². The molecule has 0 radical (unpaired) electrons. The molecule has 54 heavy (non-hydrogen) atoms. The summed E-state index contributed by atoms with van der Waals surface area (Å²) in [6.45, 7) is 18.1. The fourth-order valence-electron chi connectivity index (χ4n) is 5.94. The van der Waals surface area contributed by atoms with Gasteiger partial charge in [-0.2, -0.15) is 0 Å². The Balaban J connectivity index is 2.44. The molecule has 0 aromatic heterocycles. The Hall–Kier alpha value is -1.48. The largest absolute Gasteiger partial charge is 0.495 e. The molecule has 4 atom stereocenters. The number of carboxylic acid groups (broad SMARTS) is 1. The maximum absolute atomic E-state index is 12.0. The van der Waals surface area contributed by atoms with Crippen LogP contribution in [0.3, 0.4) is 0 Å². The number of aliphatic carboxylic acids is 1. The molecule has 1 aromatic carbocycles. The number of rotatable bonds is 23. The molecule has 1 saturated heterocycles. The minimum Gasteiger partial charge on any atom is -0.495 e. The van der Waals surface area contributed by atoms with Crippen LogP contribution in [-0.4, -0.2) is 109 Å². The molecule has 0 amide bonds. The van der Waals surface area contributed by atoms with Crippen molar-refractivity contribution < 1.29 is 38.0 Å². The minimum atomic E-state index is -2.25. The van der Waals surface area contributed by atoms with Crippen LogP contribution in [0.2, 0.25) is 23.2 Å². The lowest BCUT2D eigenvalue weighted by Crippen LogP contribution is -2.45. The van der Waals surface area contributed by atoms with Crippen LogP contribution in [0.4, 0.5) is 5.69 Å². The second kappa shape index (κ2) is 23.1. The number of carboxylic acids is 1. The van der Waals surface area contributed by atoms with Crippen LogP contribution in [0.1, 0.15) is 66.4 Å². The fourth-order valence-corrected chi connectivity index (χ4v) is 11.2. The van der Waals surface area contributed by atoms with Gasteiger partial charge in [-0.3, -0.25) is 4.79 Å². The van der Waals surface area contributed by atoms with Crippen molar-refractivity contribution in [3.63, 3.8) is 0 Å². The molecule has 1 fully saturated rings. The van der Waals surface area contributed by atoms with Crippen LogP contribution in [-0.2, 0) is 34.6 Å². The number of ether oxygens (including phenoxy) is 5. The molecule has 9 nitrogen and oxygen atoms in total. The van der Waals surface area contributed by atoms with Gasteiger partial charge in [0.2, 0.25) is 0 Å². The van der Waals surface area contributed by atoms with Crippen molar-refractivity contribution in [1.82, 2.24) is 0 Å². The second-order valence-corrected chi connectivity index (χ2v) is 24.0. The Morgan fingerprint density at radius 2 is 1.78 bits per heavy atom. The second-order valence-electron chi connectivity index (χ2n) is 15.8. The van der Waals surface area contributed by atoms with Crippen molar-refractivity contribution in [3.05, 3.63) is 58.2 Å². The minimum absolute atomic E-state index is 0.0575. The van der Waals surface area contributed by atoms with Gasteiger partial charge in [-0.15, -0.1) is 23.5 Å². The molecular weight excluding hydrogens is 762 g/mol. The smallest absolute Gasteiger partial charge is 0.306 e. The zero-order valence-electron chi connectivity index (χ0n) is 35.1. The third-order valence-corrected chi connectivity index (χ3v) is 18.4. The molecule has 1 N–H and O–H groups in total. The van der Waals surface area contributed by atoms with Gasteiger partial charge in [0, 0.05) is 40.7 Å². The number of halogens is 1. The van der Waals surface area contributed by atoms with E-state index in [1.54, 1.807) is 21.3 Å². The van der Waals surface area contributed by atoms with Crippen molar-refractivity contribution in [2.24, 2.45) is 5.92 Å². The summed E-state index contributed by atoms with van der Waals surface area (Å²) in [6.07, 6.45) is 10.1. The quantitative estimate of drug-likeness (QED) is 0.0376. The van der Waals surface area contributed by atoms with E-state index in [2.05, 4.69) is 78.1 Å². The van der Waals surface area contributed by atoms with E-state index in [9.17, 15) is 9.90 Å². The average Bonchev–Trinajstić information content (AvgIpc) is 3.09. The highest BCUT2D eigenvalue weighted by Gasteiger charge is 2.44. The topological polar surface area (TPSA) is 95.9 Å². The third-order valence-electron chi connectivity index (χ3n) is 10.1. The molecule has 13 heteroatoms. The number of allylic oxidation sites excluding steroid dienone is 3. The van der Waals surface area contributed by atoms with Gasteiger partial charge < -0.3 is 38.1 Å². The fraction of sp³-hybridized carbons (Fsp3) is 0.683. The number of methoxy groups -OCH3 is 3. The number of carbonyl (C=O) groups is 1. The maximum Gasteiger partial charge on any atom is 0.306 e. The van der Waals surface area contributed by atoms with Crippen molar-refractivity contribution in [2.75, 3.05) is 71.8 Å². The Morgan fingerprint density at radius 3 is 2.33 bits per heavy atom. The summed E-state index contributed by atoms with van der Waals surface area (Å²) < 4.78 is 35.7. The standard InChI is InChI=1S/C41H68ClNO8S2Si/c1-29(22-32-24-33(43(7)8)39(42)35(25-32)47-10)16-14-17-37(48-11)41(52-20-15-21-53-41)27-36(50-28-49-19-18-46-9)31(3)23-30(2)34(26-38(44)45)51-54(12,13)40(4,5)6/h14,16-17,23-25,31,34,36-37H,15,18-22,26-28H2,1-13H3,(H,44,45)/b17-14+,29-16+,30-23+/t31-,34-,36-,37+/m0/s1. The van der Waals surface area contributed by atoms with Crippen molar-refractivity contribution in [1.29, 1.82) is 0 Å². The molecule has 0 saturated carbocycles. The third kappa shape index (κ3) is 15.1. The molecular formula is C41H68ClNO8S2Si. The summed E-state index contributed by atoms with van der Waals surface area (Å²) in [5.74, 6) is 1.75. The number of hydrogen-bond acceptors (Lipinski definition) is 10. The zero-order chi connectivity index (χ0) is 40.7. The first-order valence-corrected chi connectivity index (χ1v) is 24.0. The van der Waals surface area contributed by atoms with E-state index in [1.807, 2.05) is 55.5 Å². The molecule has 1 aliphatic rings. The van der Waals surface area contributed by atoms with E-state index in [4.69, 9.17) is 39.7 Å². The Bertz CT molecular complexity index is 1410. The van der Waals surface area contributed by atoms with Gasteiger partial charge in [0.25, 0.3) is 0 Å². The van der Waals surface area contributed by atoms with Crippen LogP contribution >= 0.6 is 35.1 Å². The highest BCUT2D eigenvalue weighted by atomic mass is 35.5. The average molecular weight is 831 g/mol. The lowest BCUT2D eigenvalue weighted by Gasteiger charge is -2.43. The van der Waals surface area contributed by atoms with Crippen LogP contribution in [0.5, 0.6) is 5.75 Å². The summed E-state index contributed by atoms with van der Waals surface area (Å²) in [5, 5.41) is 10.4. The molecule has 308 valence electrons. The van der Waals surface area contributed by atoms with Gasteiger partial charge in [-0.25, -0.2) is 0 Å². The van der Waals surface area contributed by atoms with Gasteiger partial charge in [0.15, 0.2) is 8.32 Å². The Morgan fingerprint density at radius 1 is 1.11 bits per heavy atom. The van der Waals surface area contributed by atoms with Gasteiger partial charge >= 0.3 is 5.97 Å². The van der Waals surface area contributed by atoms with Gasteiger partial charge in [-0.05, 0) is 79.6 Å². The Labute approximate surface area is 341 Å². The lowest BCUT2D eigenvalue weighted by molar-refractivity contribution is -0.138.